The van der Waals surface area contributed by atoms with Gasteiger partial charge in [-0.3, -0.25) is 32.5 Å². The molecule has 0 bridgehead atoms. The Morgan fingerprint density at radius 1 is 0.859 bits per heavy atom. The van der Waals surface area contributed by atoms with E-state index in [0.29, 0.717) is 5.75 Å². The molecule has 0 aromatic carbocycles. The molecule has 3 rings (SSSR count). The van der Waals surface area contributed by atoms with E-state index >= 15 is 0 Å². The summed E-state index contributed by atoms with van der Waals surface area (Å²) in [6, 6.07) is 0. The fourth-order valence-electron chi connectivity index (χ4n) is 7.20. The monoisotopic (exact) mass is 1090 g/mol. The van der Waals surface area contributed by atoms with Crippen molar-refractivity contribution in [1.82, 2.24) is 30.2 Å². The zero-order valence-electron chi connectivity index (χ0n) is 40.7. The van der Waals surface area contributed by atoms with Crippen LogP contribution in [0.5, 0.6) is 0 Å². The van der Waals surface area contributed by atoms with Crippen LogP contribution in [0.2, 0.25) is 0 Å². The highest BCUT2D eigenvalue weighted by atomic mass is 32.2. The Hall–Kier alpha value is -2.96. The number of anilines is 1. The van der Waals surface area contributed by atoms with Crippen LogP contribution >= 0.6 is 35.2 Å². The van der Waals surface area contributed by atoms with Gasteiger partial charge < -0.3 is 50.9 Å². The maximum atomic E-state index is 12.8. The number of ether oxygens (including phenoxy) is 1. The lowest BCUT2D eigenvalue weighted by Crippen LogP contribution is -2.46. The quantitative estimate of drug-likeness (QED) is 0.0161. The number of phosphoric ester groups is 3. The van der Waals surface area contributed by atoms with E-state index in [1.807, 2.05) is 6.08 Å². The summed E-state index contributed by atoms with van der Waals surface area (Å²) in [7, 11) is -16.4. The molecule has 28 heteroatoms. The first kappa shape index (κ1) is 62.3. The lowest BCUT2D eigenvalue weighted by molar-refractivity contribution is -0.137. The molecule has 2 unspecified atom stereocenters. The Morgan fingerprint density at radius 2 is 1.45 bits per heavy atom. The lowest BCUT2D eigenvalue weighted by atomic mass is 9.87. The van der Waals surface area contributed by atoms with Crippen molar-refractivity contribution in [3.63, 3.8) is 0 Å². The largest absolute Gasteiger partial charge is 0.481 e. The average Bonchev–Trinajstić information content (AvgIpc) is 3.86. The van der Waals surface area contributed by atoms with Crippen LogP contribution in [0.15, 0.2) is 37.0 Å². The van der Waals surface area contributed by atoms with Gasteiger partial charge in [0.1, 0.15) is 36.3 Å². The number of nitrogens with one attached hydrogen (secondary N) is 2. The predicted molar refractivity (Wildman–Crippen MR) is 265 cm³/mol. The van der Waals surface area contributed by atoms with Crippen molar-refractivity contribution in [2.24, 2.45) is 5.41 Å². The molecule has 0 spiro atoms. The van der Waals surface area contributed by atoms with Gasteiger partial charge in [0.05, 0.1) is 19.5 Å². The first-order valence-electron chi connectivity index (χ1n) is 23.9. The average molecular weight is 1090 g/mol. The number of aliphatic hydroxyl groups is 2. The molecule has 0 saturated carbocycles. The van der Waals surface area contributed by atoms with E-state index in [-0.39, 0.29) is 41.6 Å². The normalized spacial score (nSPS) is 19.8. The fourth-order valence-corrected chi connectivity index (χ4v) is 10.6. The number of fused-ring (bicyclic) bond motifs is 1. The molecule has 2 amide bonds. The maximum absolute atomic E-state index is 12.8. The van der Waals surface area contributed by atoms with E-state index in [4.69, 9.17) is 19.5 Å². The Balaban J connectivity index is 1.27. The highest BCUT2D eigenvalue weighted by Gasteiger charge is 2.50. The number of thioether (sulfide) groups is 1. The standard InChI is InChI=1S/C43H74N7O17P3S/c1-4-5-6-7-8-9-10-11-12-13-14-15-16-17-18-19-20-21-22-23-34(52)71-27-26-45-33(51)24-25-46-41(55)38(54)43(2,3)29-64-70(61,62)67-69(59,60)63-28-32-37(66-68(56,57)58)36(53)42(65-32)50-31-49-35-39(44)47-30-48-40(35)50/h13-14,22-23,30-32,36-38,42,53-54H,4-12,15-21,24-29H2,1-3H3,(H,45,51)(H,46,55)(H,59,60)(H,61,62)(H2,44,47,48)(H2,56,57,58)/b14-13-,23-22+/t32-,36-,37-,38+,42-/m1/s1. The van der Waals surface area contributed by atoms with Gasteiger partial charge in [-0.15, -0.1) is 0 Å². The third kappa shape index (κ3) is 24.3. The van der Waals surface area contributed by atoms with E-state index in [2.05, 4.69) is 53.5 Å². The molecule has 71 heavy (non-hydrogen) atoms. The summed E-state index contributed by atoms with van der Waals surface area (Å²) in [6.07, 6.45) is 20.7. The Kier molecular flexibility index (Phi) is 27.8. The van der Waals surface area contributed by atoms with Crippen LogP contribution in [0.25, 0.3) is 11.2 Å². The van der Waals surface area contributed by atoms with E-state index < -0.39 is 84.6 Å². The number of nitrogens with zero attached hydrogens (tertiary/aromatic N) is 4. The third-order valence-corrected chi connectivity index (χ3v) is 15.1. The molecule has 0 radical (unpaired) electrons. The van der Waals surface area contributed by atoms with Gasteiger partial charge in [0.15, 0.2) is 17.7 Å². The van der Waals surface area contributed by atoms with Crippen molar-refractivity contribution in [3.05, 3.63) is 37.0 Å². The molecular weight excluding hydrogens is 1010 g/mol. The smallest absolute Gasteiger partial charge is 0.386 e. The lowest BCUT2D eigenvalue weighted by Gasteiger charge is -2.30. The van der Waals surface area contributed by atoms with Crippen LogP contribution in [-0.2, 0) is 50.7 Å². The number of imidazole rings is 1. The third-order valence-electron chi connectivity index (χ3n) is 11.1. The van der Waals surface area contributed by atoms with Crippen molar-refractivity contribution in [2.75, 3.05) is 37.8 Å². The molecule has 1 aliphatic rings. The fraction of sp³-hybridized carbons (Fsp3) is 0.721. The molecule has 3 heterocycles. The number of hydrogen-bond donors (Lipinski definition) is 9. The molecule has 7 atom stereocenters. The van der Waals surface area contributed by atoms with Gasteiger partial charge >= 0.3 is 23.5 Å². The minimum Gasteiger partial charge on any atom is -0.386 e. The first-order chi connectivity index (χ1) is 33.6. The number of nitrogens with two attached hydrogens (primary N) is 1. The molecule has 2 aromatic rings. The summed E-state index contributed by atoms with van der Waals surface area (Å²) >= 11 is 1.07. The molecule has 10 N–H and O–H groups in total. The minimum absolute atomic E-state index is 0.0320. The van der Waals surface area contributed by atoms with E-state index in [9.17, 15) is 57.9 Å². The number of hydrogen-bond acceptors (Lipinski definition) is 18. The minimum atomic E-state index is -5.58. The molecule has 404 valence electrons. The Morgan fingerprint density at radius 3 is 2.07 bits per heavy atom. The molecular formula is C43H74N7O17P3S. The van der Waals surface area contributed by atoms with Crippen LogP contribution in [-0.4, -0.2) is 123 Å². The number of unbranched alkanes of at least 4 members (excludes halogenated alkanes) is 14. The number of allylic oxidation sites excluding steroid dienone is 3. The molecule has 1 aliphatic heterocycles. The van der Waals surface area contributed by atoms with Crippen molar-refractivity contribution in [3.8, 4) is 0 Å². The summed E-state index contributed by atoms with van der Waals surface area (Å²) in [5.74, 6) is -1.10. The first-order valence-corrected chi connectivity index (χ1v) is 29.4. The number of carbonyl (C=O) groups excluding carboxylic acids is 3. The highest BCUT2D eigenvalue weighted by molar-refractivity contribution is 8.14. The van der Waals surface area contributed by atoms with Crippen LogP contribution in [0.1, 0.15) is 136 Å². The van der Waals surface area contributed by atoms with Crippen molar-refractivity contribution < 1.29 is 80.5 Å². The molecule has 1 fully saturated rings. The predicted octanol–water partition coefficient (Wildman–Crippen LogP) is 6.04. The van der Waals surface area contributed by atoms with Crippen molar-refractivity contribution in [2.45, 2.75) is 161 Å². The summed E-state index contributed by atoms with van der Waals surface area (Å²) < 4.78 is 62.5. The number of rotatable bonds is 37. The van der Waals surface area contributed by atoms with Crippen LogP contribution in [0, 0.1) is 5.41 Å². The van der Waals surface area contributed by atoms with Gasteiger partial charge in [-0.1, -0.05) is 115 Å². The SMILES string of the molecule is CCCCCCCCCC/C=C\CCCCCCC/C=C/C(=O)SCCNC(=O)CCNC(=O)[C@H](O)C(C)(C)COP(=O)(O)OP(=O)(O)OC[C@H]1O[C@@H](n2cnc3c(N)ncnc32)[C@H](O)[C@@H]1OP(=O)(O)O. The molecule has 24 nitrogen and oxygen atoms in total. The topological polar surface area (TPSA) is 364 Å². The molecule has 2 aromatic heterocycles. The summed E-state index contributed by atoms with van der Waals surface area (Å²) in [6.45, 7) is 2.76. The zero-order chi connectivity index (χ0) is 52.5. The maximum Gasteiger partial charge on any atom is 0.481 e. The summed E-state index contributed by atoms with van der Waals surface area (Å²) in [5.41, 5.74) is 4.28. The van der Waals surface area contributed by atoms with Crippen LogP contribution in [0.3, 0.4) is 0 Å². The van der Waals surface area contributed by atoms with Gasteiger partial charge in [0.25, 0.3) is 0 Å². The molecule has 1 saturated heterocycles. The van der Waals surface area contributed by atoms with Crippen molar-refractivity contribution >= 4 is 69.1 Å². The highest BCUT2D eigenvalue weighted by Crippen LogP contribution is 2.61. The van der Waals surface area contributed by atoms with E-state index in [0.717, 1.165) is 54.7 Å². The van der Waals surface area contributed by atoms with Gasteiger partial charge in [-0.2, -0.15) is 4.31 Å². The number of aromatic nitrogens is 4. The zero-order valence-corrected chi connectivity index (χ0v) is 44.2. The second-order valence-electron chi connectivity index (χ2n) is 17.7. The van der Waals surface area contributed by atoms with Gasteiger partial charge in [0, 0.05) is 30.7 Å². The number of aliphatic hydroxyl groups excluding tert-OH is 2. The second-order valence-corrected chi connectivity index (χ2v) is 23.1. The van der Waals surface area contributed by atoms with Gasteiger partial charge in [-0.25, -0.2) is 28.6 Å². The Bertz CT molecular complexity index is 2160. The molecule has 0 aliphatic carbocycles. The number of carbonyl (C=O) groups is 3. The van der Waals surface area contributed by atoms with Crippen LogP contribution in [0.4, 0.5) is 5.82 Å². The second kappa shape index (κ2) is 31.7. The number of amides is 2. The summed E-state index contributed by atoms with van der Waals surface area (Å²) in [5, 5.41) is 26.5. The summed E-state index contributed by atoms with van der Waals surface area (Å²) in [4.78, 5) is 88.4. The van der Waals surface area contributed by atoms with E-state index in [1.54, 1.807) is 6.08 Å². The van der Waals surface area contributed by atoms with Crippen molar-refractivity contribution in [1.29, 1.82) is 0 Å². The van der Waals surface area contributed by atoms with E-state index in [1.165, 1.54) is 90.9 Å². The Labute approximate surface area is 419 Å². The van der Waals surface area contributed by atoms with Gasteiger partial charge in [-0.05, 0) is 44.6 Å². The van der Waals surface area contributed by atoms with Crippen LogP contribution < -0.4 is 16.4 Å². The van der Waals surface area contributed by atoms with Gasteiger partial charge in [0.2, 0.25) is 16.9 Å². The number of nitrogen functional groups attached to an aromatic ring is 1. The number of phosphoric acid groups is 3.